The van der Waals surface area contributed by atoms with Crippen LogP contribution >= 0.6 is 0 Å². The van der Waals surface area contributed by atoms with E-state index >= 15 is 0 Å². The fraction of sp³-hybridized carbons (Fsp3) is 0.556. The van der Waals surface area contributed by atoms with Crippen molar-refractivity contribution in [2.45, 2.75) is 32.7 Å². The summed E-state index contributed by atoms with van der Waals surface area (Å²) in [5.74, 6) is 0. The third-order valence-corrected chi connectivity index (χ3v) is 1.70. The molecule has 0 bridgehead atoms. The largest absolute Gasteiger partial charge is 0.380 e. The summed E-state index contributed by atoms with van der Waals surface area (Å²) < 4.78 is 0. The molecule has 0 aliphatic heterocycles. The van der Waals surface area contributed by atoms with Gasteiger partial charge in [-0.15, -0.1) is 0 Å². The van der Waals surface area contributed by atoms with Crippen LogP contribution in [-0.2, 0) is 0 Å². The SMILES string of the molecule is CCCC(C)Nc1cncnc1. The average molecular weight is 165 g/mol. The van der Waals surface area contributed by atoms with E-state index in [-0.39, 0.29) is 0 Å². The predicted octanol–water partition coefficient (Wildman–Crippen LogP) is 2.08. The number of hydrogen-bond donors (Lipinski definition) is 1. The van der Waals surface area contributed by atoms with E-state index in [1.165, 1.54) is 19.2 Å². The zero-order valence-corrected chi connectivity index (χ0v) is 7.62. The van der Waals surface area contributed by atoms with Gasteiger partial charge < -0.3 is 5.32 Å². The van der Waals surface area contributed by atoms with E-state index in [1.54, 1.807) is 12.4 Å². The molecule has 0 spiro atoms. The molecule has 3 nitrogen and oxygen atoms in total. The number of rotatable bonds is 4. The molecule has 1 unspecified atom stereocenters. The Kier molecular flexibility index (Phi) is 3.51. The maximum Gasteiger partial charge on any atom is 0.115 e. The van der Waals surface area contributed by atoms with E-state index < -0.39 is 0 Å². The quantitative estimate of drug-likeness (QED) is 0.742. The molecule has 0 saturated carbocycles. The van der Waals surface area contributed by atoms with Gasteiger partial charge in [0.1, 0.15) is 6.33 Å². The molecule has 1 aromatic rings. The standard InChI is InChI=1S/C9H15N3/c1-3-4-8(2)12-9-5-10-7-11-6-9/h5-8,12H,3-4H2,1-2H3. The smallest absolute Gasteiger partial charge is 0.115 e. The van der Waals surface area contributed by atoms with Gasteiger partial charge in [-0.3, -0.25) is 0 Å². The van der Waals surface area contributed by atoms with Crippen molar-refractivity contribution in [2.75, 3.05) is 5.32 Å². The van der Waals surface area contributed by atoms with Crippen LogP contribution in [0.25, 0.3) is 0 Å². The first-order chi connectivity index (χ1) is 5.83. The van der Waals surface area contributed by atoms with E-state index in [2.05, 4.69) is 29.1 Å². The highest BCUT2D eigenvalue weighted by atomic mass is 14.9. The zero-order chi connectivity index (χ0) is 8.81. The summed E-state index contributed by atoms with van der Waals surface area (Å²) in [6.07, 6.45) is 7.49. The van der Waals surface area contributed by atoms with Gasteiger partial charge >= 0.3 is 0 Å². The van der Waals surface area contributed by atoms with Crippen LogP contribution in [0.2, 0.25) is 0 Å². The lowest BCUT2D eigenvalue weighted by Crippen LogP contribution is -2.14. The van der Waals surface area contributed by atoms with Gasteiger partial charge in [-0.2, -0.15) is 0 Å². The van der Waals surface area contributed by atoms with E-state index in [0.717, 1.165) is 5.69 Å². The molecule has 0 radical (unpaired) electrons. The fourth-order valence-electron chi connectivity index (χ4n) is 1.16. The predicted molar refractivity (Wildman–Crippen MR) is 50.0 cm³/mol. The Morgan fingerprint density at radius 1 is 1.42 bits per heavy atom. The zero-order valence-electron chi connectivity index (χ0n) is 7.62. The van der Waals surface area contributed by atoms with Crippen LogP contribution in [0.1, 0.15) is 26.7 Å². The van der Waals surface area contributed by atoms with Gasteiger partial charge in [0, 0.05) is 6.04 Å². The minimum absolute atomic E-state index is 0.501. The van der Waals surface area contributed by atoms with Gasteiger partial charge in [-0.05, 0) is 13.3 Å². The molecule has 0 aromatic carbocycles. The highest BCUT2D eigenvalue weighted by molar-refractivity contribution is 5.37. The summed E-state index contributed by atoms with van der Waals surface area (Å²) >= 11 is 0. The van der Waals surface area contributed by atoms with Crippen molar-refractivity contribution in [1.29, 1.82) is 0 Å². The van der Waals surface area contributed by atoms with Crippen LogP contribution < -0.4 is 5.32 Å². The van der Waals surface area contributed by atoms with Crippen molar-refractivity contribution in [3.8, 4) is 0 Å². The maximum atomic E-state index is 3.92. The fourth-order valence-corrected chi connectivity index (χ4v) is 1.16. The minimum atomic E-state index is 0.501. The van der Waals surface area contributed by atoms with E-state index in [9.17, 15) is 0 Å². The Hall–Kier alpha value is -1.12. The third kappa shape index (κ3) is 2.86. The van der Waals surface area contributed by atoms with E-state index in [0.29, 0.717) is 6.04 Å². The third-order valence-electron chi connectivity index (χ3n) is 1.70. The lowest BCUT2D eigenvalue weighted by Gasteiger charge is -2.12. The Labute approximate surface area is 73.2 Å². The molecular weight excluding hydrogens is 150 g/mol. The van der Waals surface area contributed by atoms with Crippen molar-refractivity contribution in [3.63, 3.8) is 0 Å². The monoisotopic (exact) mass is 165 g/mol. The molecule has 0 aliphatic rings. The molecule has 0 fully saturated rings. The second kappa shape index (κ2) is 4.70. The molecule has 1 N–H and O–H groups in total. The summed E-state index contributed by atoms with van der Waals surface area (Å²) in [7, 11) is 0. The van der Waals surface area contributed by atoms with Crippen molar-refractivity contribution in [1.82, 2.24) is 9.97 Å². The topological polar surface area (TPSA) is 37.8 Å². The van der Waals surface area contributed by atoms with Crippen molar-refractivity contribution >= 4 is 5.69 Å². The molecule has 1 atom stereocenters. The molecular formula is C9H15N3. The van der Waals surface area contributed by atoms with Crippen molar-refractivity contribution < 1.29 is 0 Å². The summed E-state index contributed by atoms with van der Waals surface area (Å²) in [4.78, 5) is 7.85. The summed E-state index contributed by atoms with van der Waals surface area (Å²) in [5, 5.41) is 3.32. The Morgan fingerprint density at radius 3 is 2.67 bits per heavy atom. The minimum Gasteiger partial charge on any atom is -0.380 e. The summed E-state index contributed by atoms with van der Waals surface area (Å²) in [6.45, 7) is 4.34. The number of aromatic nitrogens is 2. The van der Waals surface area contributed by atoms with E-state index in [1.807, 2.05) is 0 Å². The van der Waals surface area contributed by atoms with Gasteiger partial charge in [0.05, 0.1) is 18.1 Å². The first-order valence-electron chi connectivity index (χ1n) is 4.34. The second-order valence-corrected chi connectivity index (χ2v) is 2.96. The van der Waals surface area contributed by atoms with Gasteiger partial charge in [-0.25, -0.2) is 9.97 Å². The van der Waals surface area contributed by atoms with Gasteiger partial charge in [-0.1, -0.05) is 13.3 Å². The van der Waals surface area contributed by atoms with Crippen molar-refractivity contribution in [2.24, 2.45) is 0 Å². The molecule has 1 heterocycles. The Balaban J connectivity index is 2.41. The van der Waals surface area contributed by atoms with E-state index in [4.69, 9.17) is 0 Å². The Bertz CT molecular complexity index is 210. The molecule has 12 heavy (non-hydrogen) atoms. The molecule has 0 aliphatic carbocycles. The van der Waals surface area contributed by atoms with Crippen LogP contribution in [0.15, 0.2) is 18.7 Å². The number of hydrogen-bond acceptors (Lipinski definition) is 3. The van der Waals surface area contributed by atoms with Crippen LogP contribution in [0.4, 0.5) is 5.69 Å². The first kappa shape index (κ1) is 8.97. The van der Waals surface area contributed by atoms with Gasteiger partial charge in [0.25, 0.3) is 0 Å². The number of anilines is 1. The normalized spacial score (nSPS) is 12.5. The number of nitrogens with one attached hydrogen (secondary N) is 1. The lowest BCUT2D eigenvalue weighted by atomic mass is 10.2. The van der Waals surface area contributed by atoms with Gasteiger partial charge in [0.15, 0.2) is 0 Å². The summed E-state index contributed by atoms with van der Waals surface area (Å²) in [5.41, 5.74) is 0.999. The average Bonchev–Trinajstić information content (AvgIpc) is 2.06. The highest BCUT2D eigenvalue weighted by Gasteiger charge is 1.99. The number of nitrogens with zero attached hydrogens (tertiary/aromatic N) is 2. The molecule has 66 valence electrons. The molecule has 3 heteroatoms. The second-order valence-electron chi connectivity index (χ2n) is 2.96. The first-order valence-corrected chi connectivity index (χ1v) is 4.34. The highest BCUT2D eigenvalue weighted by Crippen LogP contribution is 2.06. The Morgan fingerprint density at radius 2 is 2.08 bits per heavy atom. The molecule has 0 amide bonds. The van der Waals surface area contributed by atoms with Crippen LogP contribution in [0.5, 0.6) is 0 Å². The lowest BCUT2D eigenvalue weighted by molar-refractivity contribution is 0.689. The molecule has 1 rings (SSSR count). The van der Waals surface area contributed by atoms with Crippen LogP contribution in [-0.4, -0.2) is 16.0 Å². The van der Waals surface area contributed by atoms with Crippen LogP contribution in [0.3, 0.4) is 0 Å². The molecule has 1 aromatic heterocycles. The van der Waals surface area contributed by atoms with Crippen LogP contribution in [0, 0.1) is 0 Å². The molecule has 0 saturated heterocycles. The van der Waals surface area contributed by atoms with Crippen molar-refractivity contribution in [3.05, 3.63) is 18.7 Å². The van der Waals surface area contributed by atoms with Gasteiger partial charge in [0.2, 0.25) is 0 Å². The summed E-state index contributed by atoms with van der Waals surface area (Å²) in [6, 6.07) is 0.501. The maximum absolute atomic E-state index is 3.92.